The van der Waals surface area contributed by atoms with E-state index in [4.69, 9.17) is 33.7 Å². The van der Waals surface area contributed by atoms with E-state index in [1.165, 1.54) is 25.1 Å². The third-order valence-corrected chi connectivity index (χ3v) is 7.45. The number of carbonyl (C=O) groups excluding carboxylic acids is 2. The van der Waals surface area contributed by atoms with E-state index >= 15 is 0 Å². The van der Waals surface area contributed by atoms with Crippen LogP contribution in [0.2, 0.25) is 10.0 Å². The molecule has 32 heavy (non-hydrogen) atoms. The molecule has 3 rings (SSSR count). The highest BCUT2D eigenvalue weighted by Crippen LogP contribution is 2.35. The second-order valence-electron chi connectivity index (χ2n) is 7.65. The van der Waals surface area contributed by atoms with Crippen molar-refractivity contribution >= 4 is 45.0 Å². The van der Waals surface area contributed by atoms with Gasteiger partial charge in [0, 0.05) is 16.6 Å². The maximum absolute atomic E-state index is 14.0. The number of carbonyl (C=O) groups is 2. The van der Waals surface area contributed by atoms with Gasteiger partial charge in [0.2, 0.25) is 10.0 Å². The summed E-state index contributed by atoms with van der Waals surface area (Å²) in [5, 5.41) is 0.253. The van der Waals surface area contributed by atoms with E-state index in [0.717, 1.165) is 22.5 Å². The molecule has 0 aromatic heterocycles. The second kappa shape index (κ2) is 9.44. The van der Waals surface area contributed by atoms with Crippen molar-refractivity contribution in [2.24, 2.45) is 11.7 Å². The monoisotopic (exact) mass is 502 g/mol. The zero-order chi connectivity index (χ0) is 23.8. The summed E-state index contributed by atoms with van der Waals surface area (Å²) in [5.74, 6) is -2.83. The van der Waals surface area contributed by atoms with E-state index in [2.05, 4.69) is 0 Å². The van der Waals surface area contributed by atoms with Gasteiger partial charge in [-0.2, -0.15) is 4.31 Å². The lowest BCUT2D eigenvalue weighted by Crippen LogP contribution is -2.43. The van der Waals surface area contributed by atoms with Crippen LogP contribution in [0.25, 0.3) is 0 Å². The molecule has 2 aromatic carbocycles. The van der Waals surface area contributed by atoms with Gasteiger partial charge < -0.3 is 10.5 Å². The number of Topliss-reactive ketones (excluding diaryl/α,β-unsaturated/α-hetero) is 1. The lowest BCUT2D eigenvalue weighted by molar-refractivity contribution is -0.135. The van der Waals surface area contributed by atoms with Crippen molar-refractivity contribution in [2.45, 2.75) is 37.2 Å². The predicted octanol–water partition coefficient (Wildman–Crippen LogP) is 3.67. The molecule has 2 aromatic rings. The minimum atomic E-state index is -4.16. The fourth-order valence-electron chi connectivity index (χ4n) is 3.53. The van der Waals surface area contributed by atoms with Crippen LogP contribution in [0.15, 0.2) is 41.3 Å². The van der Waals surface area contributed by atoms with Gasteiger partial charge in [-0.3, -0.25) is 4.79 Å². The number of benzene rings is 2. The van der Waals surface area contributed by atoms with Crippen LogP contribution in [0.1, 0.15) is 30.6 Å². The Morgan fingerprint density at radius 2 is 1.81 bits per heavy atom. The van der Waals surface area contributed by atoms with Gasteiger partial charge in [-0.25, -0.2) is 17.6 Å². The fourth-order valence-corrected chi connectivity index (χ4v) is 5.95. The van der Waals surface area contributed by atoms with Crippen molar-refractivity contribution in [3.8, 4) is 5.75 Å². The molecule has 11 heteroatoms. The second-order valence-corrected chi connectivity index (χ2v) is 10.4. The van der Waals surface area contributed by atoms with Crippen molar-refractivity contribution in [1.82, 2.24) is 4.31 Å². The number of sulfonamides is 1. The summed E-state index contributed by atoms with van der Waals surface area (Å²) >= 11 is 11.9. The van der Waals surface area contributed by atoms with Gasteiger partial charge in [0.05, 0.1) is 16.5 Å². The van der Waals surface area contributed by atoms with Crippen molar-refractivity contribution in [2.75, 3.05) is 6.54 Å². The Morgan fingerprint density at radius 1 is 1.19 bits per heavy atom. The van der Waals surface area contributed by atoms with Crippen LogP contribution in [-0.4, -0.2) is 43.1 Å². The molecule has 1 heterocycles. The lowest BCUT2D eigenvalue weighted by atomic mass is 9.94. The van der Waals surface area contributed by atoms with Gasteiger partial charge in [-0.05, 0) is 55.7 Å². The summed E-state index contributed by atoms with van der Waals surface area (Å²) < 4.78 is 46.9. The minimum Gasteiger partial charge on any atom is -0.425 e. The van der Waals surface area contributed by atoms with Crippen molar-refractivity contribution in [3.05, 3.63) is 57.8 Å². The number of ether oxygens (including phenoxy) is 1. The van der Waals surface area contributed by atoms with Crippen molar-refractivity contribution in [3.63, 3.8) is 0 Å². The Hall–Kier alpha value is -2.04. The topological polar surface area (TPSA) is 107 Å². The Labute approximate surface area is 195 Å². The summed E-state index contributed by atoms with van der Waals surface area (Å²) in [5.41, 5.74) is 5.26. The molecule has 2 N–H and O–H groups in total. The van der Waals surface area contributed by atoms with Crippen LogP contribution in [0.5, 0.6) is 5.75 Å². The third kappa shape index (κ3) is 4.97. The highest BCUT2D eigenvalue weighted by Gasteiger charge is 2.45. The maximum Gasteiger partial charge on any atom is 0.328 e. The Kier molecular flexibility index (Phi) is 7.26. The molecule has 0 radical (unpaired) electrons. The molecule has 1 saturated heterocycles. The smallest absolute Gasteiger partial charge is 0.328 e. The quantitative estimate of drug-likeness (QED) is 0.366. The molecule has 0 amide bonds. The van der Waals surface area contributed by atoms with Gasteiger partial charge in [0.15, 0.2) is 5.78 Å². The molecule has 1 fully saturated rings. The Bertz CT molecular complexity index is 1150. The zero-order valence-corrected chi connectivity index (χ0v) is 19.5. The summed E-state index contributed by atoms with van der Waals surface area (Å²) in [6, 6.07) is 4.84. The number of hydrogen-bond acceptors (Lipinski definition) is 6. The van der Waals surface area contributed by atoms with Gasteiger partial charge in [-0.1, -0.05) is 30.1 Å². The number of hydrogen-bond donors (Lipinski definition) is 1. The predicted molar refractivity (Wildman–Crippen MR) is 118 cm³/mol. The highest BCUT2D eigenvalue weighted by atomic mass is 35.5. The lowest BCUT2D eigenvalue weighted by Gasteiger charge is -2.26. The molecule has 3 atom stereocenters. The Morgan fingerprint density at radius 3 is 2.41 bits per heavy atom. The van der Waals surface area contributed by atoms with Crippen LogP contribution in [0.3, 0.4) is 0 Å². The first-order chi connectivity index (χ1) is 14.9. The van der Waals surface area contributed by atoms with E-state index in [1.807, 2.05) is 0 Å². The summed E-state index contributed by atoms with van der Waals surface area (Å²) in [4.78, 5) is 25.2. The van der Waals surface area contributed by atoms with Crippen LogP contribution in [0, 0.1) is 11.7 Å². The average molecular weight is 503 g/mol. The highest BCUT2D eigenvalue weighted by molar-refractivity contribution is 7.89. The summed E-state index contributed by atoms with van der Waals surface area (Å²) in [7, 11) is -4.16. The number of ketones is 1. The van der Waals surface area contributed by atoms with Crippen LogP contribution >= 0.6 is 23.2 Å². The molecule has 0 aliphatic carbocycles. The largest absolute Gasteiger partial charge is 0.425 e. The zero-order valence-electron chi connectivity index (χ0n) is 17.2. The average Bonchev–Trinajstić information content (AvgIpc) is 3.10. The first kappa shape index (κ1) is 24.6. The molecule has 2 unspecified atom stereocenters. The normalized spacial score (nSPS) is 20.2. The molecular formula is C21H21Cl2FN2O5S. The molecule has 0 spiro atoms. The third-order valence-electron chi connectivity index (χ3n) is 5.15. The fraction of sp³-hybridized carbons (Fsp3) is 0.333. The molecule has 0 saturated carbocycles. The van der Waals surface area contributed by atoms with E-state index < -0.39 is 39.7 Å². The van der Waals surface area contributed by atoms with Crippen LogP contribution < -0.4 is 10.5 Å². The first-order valence-electron chi connectivity index (χ1n) is 9.70. The molecule has 0 bridgehead atoms. The summed E-state index contributed by atoms with van der Waals surface area (Å²) in [6.07, 6.45) is 0.397. The van der Waals surface area contributed by atoms with Gasteiger partial charge in [-0.15, -0.1) is 0 Å². The van der Waals surface area contributed by atoms with Gasteiger partial charge in [0.1, 0.15) is 17.6 Å². The molecule has 7 nitrogen and oxygen atoms in total. The maximum atomic E-state index is 14.0. The molecular weight excluding hydrogens is 482 g/mol. The van der Waals surface area contributed by atoms with Crippen molar-refractivity contribution in [1.29, 1.82) is 0 Å². The standard InChI is InChI=1S/C21H21Cl2FN2O5S/c1-11-5-6-26(32(29,30)16-8-13(22)7-14(23)9-16)19(11)20(27)17-10-15(24)3-4-18(17)31-21(28)12(2)25/h3-4,7-12,19H,5-6,25H2,1-2H3/t11-,12?,19?/m0/s1. The van der Waals surface area contributed by atoms with E-state index in [9.17, 15) is 22.4 Å². The SMILES string of the molecule is CC(N)C(=O)Oc1ccc(F)cc1C(=O)C1[C@@H](C)CCN1S(=O)(=O)c1cc(Cl)cc(Cl)c1. The van der Waals surface area contributed by atoms with Gasteiger partial charge in [0.25, 0.3) is 0 Å². The number of esters is 1. The number of halogens is 3. The molecule has 1 aliphatic heterocycles. The molecule has 1 aliphatic rings. The van der Waals surface area contributed by atoms with E-state index in [1.54, 1.807) is 6.92 Å². The van der Waals surface area contributed by atoms with Crippen LogP contribution in [0.4, 0.5) is 4.39 Å². The summed E-state index contributed by atoms with van der Waals surface area (Å²) in [6.45, 7) is 3.18. The first-order valence-corrected chi connectivity index (χ1v) is 11.9. The van der Waals surface area contributed by atoms with Gasteiger partial charge >= 0.3 is 5.97 Å². The molecule has 172 valence electrons. The number of nitrogens with zero attached hydrogens (tertiary/aromatic N) is 1. The Balaban J connectivity index is 2.03. The number of nitrogens with two attached hydrogens (primary N) is 1. The van der Waals surface area contributed by atoms with Crippen molar-refractivity contribution < 1.29 is 27.1 Å². The minimum absolute atomic E-state index is 0.0638. The number of rotatable bonds is 6. The van der Waals surface area contributed by atoms with E-state index in [-0.39, 0.29) is 38.7 Å². The van der Waals surface area contributed by atoms with Crippen LogP contribution in [-0.2, 0) is 14.8 Å². The van der Waals surface area contributed by atoms with E-state index in [0.29, 0.717) is 6.42 Å².